The van der Waals surface area contributed by atoms with Gasteiger partial charge in [0.2, 0.25) is 0 Å². The molecule has 3 aromatic carbocycles. The second-order valence-corrected chi connectivity index (χ2v) is 8.13. The summed E-state index contributed by atoms with van der Waals surface area (Å²) in [5, 5.41) is 1.74. The van der Waals surface area contributed by atoms with Gasteiger partial charge in [-0.05, 0) is 48.9 Å². The van der Waals surface area contributed by atoms with Crippen LogP contribution in [0.2, 0.25) is 0 Å². The van der Waals surface area contributed by atoms with Crippen LogP contribution in [0.3, 0.4) is 0 Å². The first-order chi connectivity index (χ1) is 16.0. The minimum atomic E-state index is -0.439. The Bertz CT molecular complexity index is 1430. The lowest BCUT2D eigenvalue weighted by Gasteiger charge is -2.06. The van der Waals surface area contributed by atoms with Crippen LogP contribution >= 0.6 is 11.3 Å². The largest absolute Gasteiger partial charge is 0.465 e. The van der Waals surface area contributed by atoms with Gasteiger partial charge in [0.25, 0.3) is 5.91 Å². The van der Waals surface area contributed by atoms with Gasteiger partial charge in [-0.2, -0.15) is 4.99 Å². The summed E-state index contributed by atoms with van der Waals surface area (Å²) in [6.45, 7) is 3.88. The summed E-state index contributed by atoms with van der Waals surface area (Å²) in [4.78, 5) is 42.3. The fraction of sp³-hybridized carbons (Fsp3) is 0.200. The van der Waals surface area contributed by atoms with E-state index < -0.39 is 17.8 Å². The second kappa shape index (κ2) is 9.79. The van der Waals surface area contributed by atoms with Crippen LogP contribution < -0.4 is 4.80 Å². The molecule has 0 saturated carbocycles. The maximum absolute atomic E-state index is 13.2. The molecule has 0 bridgehead atoms. The molecular weight excluding hydrogens is 440 g/mol. The van der Waals surface area contributed by atoms with Crippen molar-refractivity contribution in [1.29, 1.82) is 0 Å². The quantitative estimate of drug-likeness (QED) is 0.398. The lowest BCUT2D eigenvalue weighted by atomic mass is 10.0. The summed E-state index contributed by atoms with van der Waals surface area (Å²) in [6.07, 6.45) is 0. The molecule has 0 atom stereocenters. The number of benzene rings is 3. The van der Waals surface area contributed by atoms with E-state index in [0.717, 1.165) is 10.8 Å². The Morgan fingerprint density at radius 3 is 2.48 bits per heavy atom. The molecule has 0 radical (unpaired) electrons. The van der Waals surface area contributed by atoms with E-state index in [9.17, 15) is 14.4 Å². The molecule has 0 aliphatic heterocycles. The lowest BCUT2D eigenvalue weighted by molar-refractivity contribution is -0.143. The molecule has 4 rings (SSSR count). The van der Waals surface area contributed by atoms with E-state index in [0.29, 0.717) is 26.1 Å². The van der Waals surface area contributed by atoms with Gasteiger partial charge in [-0.25, -0.2) is 4.79 Å². The van der Waals surface area contributed by atoms with Crippen molar-refractivity contribution in [3.8, 4) is 0 Å². The number of carbonyl (C=O) groups is 3. The number of thiazole rings is 1. The zero-order chi connectivity index (χ0) is 23.4. The molecule has 0 spiro atoms. The fourth-order valence-corrected chi connectivity index (χ4v) is 4.61. The van der Waals surface area contributed by atoms with Gasteiger partial charge in [-0.15, -0.1) is 0 Å². The van der Waals surface area contributed by atoms with Crippen molar-refractivity contribution in [3.05, 3.63) is 76.6 Å². The van der Waals surface area contributed by atoms with Gasteiger partial charge >= 0.3 is 11.9 Å². The number of fused-ring (bicyclic) bond motifs is 2. The van der Waals surface area contributed by atoms with Crippen molar-refractivity contribution in [3.63, 3.8) is 0 Å². The Kier molecular flexibility index (Phi) is 6.65. The third-order valence-electron chi connectivity index (χ3n) is 5.00. The first kappa shape index (κ1) is 22.4. The van der Waals surface area contributed by atoms with E-state index in [4.69, 9.17) is 9.47 Å². The van der Waals surface area contributed by atoms with Gasteiger partial charge in [0.1, 0.15) is 6.54 Å². The van der Waals surface area contributed by atoms with Crippen molar-refractivity contribution in [2.45, 2.75) is 20.4 Å². The van der Waals surface area contributed by atoms with Crippen LogP contribution in [0.1, 0.15) is 34.6 Å². The maximum atomic E-state index is 13.2. The second-order valence-electron chi connectivity index (χ2n) is 7.12. The number of aromatic nitrogens is 1. The van der Waals surface area contributed by atoms with Crippen molar-refractivity contribution >= 4 is 50.2 Å². The van der Waals surface area contributed by atoms with Crippen molar-refractivity contribution in [2.24, 2.45) is 4.99 Å². The van der Waals surface area contributed by atoms with Crippen LogP contribution in [0.15, 0.2) is 65.7 Å². The van der Waals surface area contributed by atoms with E-state index in [1.54, 1.807) is 42.7 Å². The van der Waals surface area contributed by atoms with E-state index in [-0.39, 0.29) is 19.8 Å². The highest BCUT2D eigenvalue weighted by atomic mass is 32.1. The summed E-state index contributed by atoms with van der Waals surface area (Å²) < 4.78 is 12.5. The van der Waals surface area contributed by atoms with E-state index in [1.807, 2.05) is 36.4 Å². The van der Waals surface area contributed by atoms with Gasteiger partial charge in [0.15, 0.2) is 4.80 Å². The fourth-order valence-electron chi connectivity index (χ4n) is 3.55. The SMILES string of the molecule is CCOC(=O)Cn1c(=NC(=O)c2cccc3ccccc23)sc2cc(C(=O)OCC)ccc21. The maximum Gasteiger partial charge on any atom is 0.338 e. The van der Waals surface area contributed by atoms with Crippen molar-refractivity contribution in [1.82, 2.24) is 4.57 Å². The Morgan fingerprint density at radius 1 is 0.939 bits per heavy atom. The molecule has 1 heterocycles. The summed E-state index contributed by atoms with van der Waals surface area (Å²) in [5.74, 6) is -1.29. The average Bonchev–Trinajstić information content (AvgIpc) is 3.14. The highest BCUT2D eigenvalue weighted by molar-refractivity contribution is 7.16. The number of rotatable bonds is 6. The van der Waals surface area contributed by atoms with Gasteiger partial charge in [0.05, 0.1) is 29.0 Å². The van der Waals surface area contributed by atoms with E-state index in [2.05, 4.69) is 4.99 Å². The van der Waals surface area contributed by atoms with E-state index in [1.165, 1.54) is 11.3 Å². The van der Waals surface area contributed by atoms with Crippen LogP contribution in [0.5, 0.6) is 0 Å². The predicted molar refractivity (Wildman–Crippen MR) is 126 cm³/mol. The number of amides is 1. The lowest BCUT2D eigenvalue weighted by Crippen LogP contribution is -2.23. The molecule has 0 unspecified atom stereocenters. The molecule has 33 heavy (non-hydrogen) atoms. The number of hydrogen-bond donors (Lipinski definition) is 0. The molecule has 0 aliphatic carbocycles. The first-order valence-electron chi connectivity index (χ1n) is 10.5. The Morgan fingerprint density at radius 2 is 1.70 bits per heavy atom. The summed E-state index contributed by atoms with van der Waals surface area (Å²) in [5.41, 5.74) is 1.53. The monoisotopic (exact) mass is 462 g/mol. The molecule has 1 aromatic heterocycles. The van der Waals surface area contributed by atoms with Crippen LogP contribution in [0.25, 0.3) is 21.0 Å². The van der Waals surface area contributed by atoms with E-state index >= 15 is 0 Å². The number of hydrogen-bond acceptors (Lipinski definition) is 6. The van der Waals surface area contributed by atoms with Crippen molar-refractivity contribution in [2.75, 3.05) is 13.2 Å². The summed E-state index contributed by atoms with van der Waals surface area (Å²) in [6, 6.07) is 18.1. The van der Waals surface area contributed by atoms with Crippen LogP contribution in [-0.2, 0) is 20.8 Å². The number of ether oxygens (including phenoxy) is 2. The van der Waals surface area contributed by atoms with Crippen LogP contribution in [-0.4, -0.2) is 35.6 Å². The molecule has 8 heteroatoms. The molecule has 0 N–H and O–H groups in total. The number of nitrogens with zero attached hydrogens (tertiary/aromatic N) is 2. The zero-order valence-electron chi connectivity index (χ0n) is 18.2. The van der Waals surface area contributed by atoms with Crippen LogP contribution in [0.4, 0.5) is 0 Å². The minimum Gasteiger partial charge on any atom is -0.465 e. The normalized spacial score (nSPS) is 11.6. The zero-order valence-corrected chi connectivity index (χ0v) is 19.1. The standard InChI is InChI=1S/C25H22N2O5S/c1-3-31-22(28)15-27-20-13-12-17(24(30)32-4-2)14-21(20)33-25(27)26-23(29)19-11-7-9-16-8-5-6-10-18(16)19/h5-14H,3-4,15H2,1-2H3. The van der Waals surface area contributed by atoms with Gasteiger partial charge in [-0.1, -0.05) is 47.7 Å². The van der Waals surface area contributed by atoms with Gasteiger partial charge < -0.3 is 14.0 Å². The Balaban J connectivity index is 1.85. The smallest absolute Gasteiger partial charge is 0.338 e. The average molecular weight is 463 g/mol. The Hall–Kier alpha value is -3.78. The highest BCUT2D eigenvalue weighted by Crippen LogP contribution is 2.22. The predicted octanol–water partition coefficient (Wildman–Crippen LogP) is 4.34. The highest BCUT2D eigenvalue weighted by Gasteiger charge is 2.16. The van der Waals surface area contributed by atoms with Crippen molar-refractivity contribution < 1.29 is 23.9 Å². The molecule has 1 amide bonds. The summed E-state index contributed by atoms with van der Waals surface area (Å²) >= 11 is 1.22. The number of esters is 2. The summed E-state index contributed by atoms with van der Waals surface area (Å²) in [7, 11) is 0. The molecule has 168 valence electrons. The van der Waals surface area contributed by atoms with Crippen LogP contribution in [0, 0.1) is 0 Å². The Labute approximate surface area is 193 Å². The van der Waals surface area contributed by atoms with Gasteiger partial charge in [-0.3, -0.25) is 9.59 Å². The topological polar surface area (TPSA) is 87.0 Å². The number of carbonyl (C=O) groups excluding carboxylic acids is 3. The third-order valence-corrected chi connectivity index (χ3v) is 6.04. The molecule has 7 nitrogen and oxygen atoms in total. The molecule has 0 fully saturated rings. The molecule has 4 aromatic rings. The molecule has 0 aliphatic rings. The molecule has 0 saturated heterocycles. The van der Waals surface area contributed by atoms with Gasteiger partial charge in [0, 0.05) is 5.56 Å². The first-order valence-corrected chi connectivity index (χ1v) is 11.4. The molecular formula is C25H22N2O5S. The third kappa shape index (κ3) is 4.70. The minimum absolute atomic E-state index is 0.103.